The number of anilines is 2. The number of hydrogen-bond donors (Lipinski definition) is 3. The molecule has 18 heavy (non-hydrogen) atoms. The minimum absolute atomic E-state index is 0.0820. The Morgan fingerprint density at radius 1 is 1.50 bits per heavy atom. The zero-order valence-corrected chi connectivity index (χ0v) is 10.0. The van der Waals surface area contributed by atoms with Crippen LogP contribution in [0, 0.1) is 16.0 Å². The first-order valence-electron chi connectivity index (χ1n) is 6.04. The molecule has 1 aliphatic rings. The van der Waals surface area contributed by atoms with E-state index in [1.54, 1.807) is 12.1 Å². The molecule has 0 heterocycles. The third-order valence-corrected chi connectivity index (χ3v) is 3.41. The molecule has 0 aliphatic heterocycles. The van der Waals surface area contributed by atoms with Gasteiger partial charge < -0.3 is 16.2 Å². The molecule has 1 fully saturated rings. The average Bonchev–Trinajstić information content (AvgIpc) is 2.72. The molecule has 0 radical (unpaired) electrons. The van der Waals surface area contributed by atoms with Gasteiger partial charge in [0.2, 0.25) is 0 Å². The summed E-state index contributed by atoms with van der Waals surface area (Å²) in [6.07, 6.45) is 2.68. The summed E-state index contributed by atoms with van der Waals surface area (Å²) in [5.41, 5.74) is 6.42. The molecular weight excluding hydrogens is 234 g/mol. The number of nitrogen functional groups attached to an aromatic ring is 1. The molecule has 2 rings (SSSR count). The second-order valence-corrected chi connectivity index (χ2v) is 4.67. The summed E-state index contributed by atoms with van der Waals surface area (Å²) in [6, 6.07) is 4.58. The number of nitrogens with zero attached hydrogens (tertiary/aromatic N) is 1. The van der Waals surface area contributed by atoms with E-state index in [1.165, 1.54) is 6.07 Å². The Bertz CT molecular complexity index is 450. The zero-order valence-electron chi connectivity index (χ0n) is 10.0. The maximum Gasteiger partial charge on any atom is 0.292 e. The average molecular weight is 251 g/mol. The lowest BCUT2D eigenvalue weighted by atomic mass is 10.1. The topological polar surface area (TPSA) is 101 Å². The van der Waals surface area contributed by atoms with Gasteiger partial charge in [-0.1, -0.05) is 6.42 Å². The minimum Gasteiger partial charge on any atom is -0.393 e. The number of aliphatic hydroxyl groups is 1. The molecule has 4 N–H and O–H groups in total. The lowest BCUT2D eigenvalue weighted by Gasteiger charge is -2.16. The van der Waals surface area contributed by atoms with Gasteiger partial charge in [0.1, 0.15) is 5.69 Å². The fourth-order valence-corrected chi connectivity index (χ4v) is 2.34. The summed E-state index contributed by atoms with van der Waals surface area (Å²) in [7, 11) is 0. The quantitative estimate of drug-likeness (QED) is 0.430. The Kier molecular flexibility index (Phi) is 3.66. The molecule has 0 spiro atoms. The Hall–Kier alpha value is -1.82. The van der Waals surface area contributed by atoms with Crippen LogP contribution in [-0.2, 0) is 0 Å². The van der Waals surface area contributed by atoms with Crippen LogP contribution in [0.4, 0.5) is 17.1 Å². The summed E-state index contributed by atoms with van der Waals surface area (Å²) in [5, 5.41) is 23.5. The van der Waals surface area contributed by atoms with E-state index in [1.807, 2.05) is 0 Å². The van der Waals surface area contributed by atoms with Crippen molar-refractivity contribution >= 4 is 17.1 Å². The van der Waals surface area contributed by atoms with Crippen molar-refractivity contribution in [2.75, 3.05) is 17.6 Å². The van der Waals surface area contributed by atoms with Crippen LogP contribution in [0.25, 0.3) is 0 Å². The summed E-state index contributed by atoms with van der Waals surface area (Å²) in [5.74, 6) is 0.251. The molecule has 0 amide bonds. The summed E-state index contributed by atoms with van der Waals surface area (Å²) in [6.45, 7) is 0.665. The van der Waals surface area contributed by atoms with Crippen molar-refractivity contribution in [2.45, 2.75) is 25.4 Å². The Balaban J connectivity index is 1.98. The smallest absolute Gasteiger partial charge is 0.292 e. The number of nitrogens with one attached hydrogen (secondary N) is 1. The van der Waals surface area contributed by atoms with E-state index in [2.05, 4.69) is 5.32 Å². The van der Waals surface area contributed by atoms with Crippen LogP contribution < -0.4 is 11.1 Å². The van der Waals surface area contributed by atoms with E-state index in [0.717, 1.165) is 24.9 Å². The lowest BCUT2D eigenvalue weighted by molar-refractivity contribution is -0.383. The second-order valence-electron chi connectivity index (χ2n) is 4.67. The number of nitro benzene ring substituents is 1. The van der Waals surface area contributed by atoms with Gasteiger partial charge in [-0.05, 0) is 25.0 Å². The van der Waals surface area contributed by atoms with Gasteiger partial charge in [0.15, 0.2) is 0 Å². The molecule has 6 nitrogen and oxygen atoms in total. The van der Waals surface area contributed by atoms with Crippen molar-refractivity contribution in [1.29, 1.82) is 0 Å². The Morgan fingerprint density at radius 3 is 2.83 bits per heavy atom. The largest absolute Gasteiger partial charge is 0.393 e. The van der Waals surface area contributed by atoms with E-state index in [0.29, 0.717) is 6.54 Å². The Labute approximate surface area is 105 Å². The van der Waals surface area contributed by atoms with Crippen LogP contribution in [0.1, 0.15) is 19.3 Å². The van der Waals surface area contributed by atoms with Crippen molar-refractivity contribution in [3.05, 3.63) is 28.3 Å². The summed E-state index contributed by atoms with van der Waals surface area (Å²) >= 11 is 0. The van der Waals surface area contributed by atoms with Gasteiger partial charge in [0, 0.05) is 24.2 Å². The predicted molar refractivity (Wildman–Crippen MR) is 69.3 cm³/mol. The molecule has 0 bridgehead atoms. The van der Waals surface area contributed by atoms with Crippen LogP contribution >= 0.6 is 0 Å². The SMILES string of the molecule is Nc1cc(NCC2CCCC2O)ccc1[N+](=O)[O-]. The fraction of sp³-hybridized carbons (Fsp3) is 0.500. The number of hydrogen-bond acceptors (Lipinski definition) is 5. The molecule has 6 heteroatoms. The van der Waals surface area contributed by atoms with Crippen LogP contribution in [0.2, 0.25) is 0 Å². The third kappa shape index (κ3) is 2.70. The monoisotopic (exact) mass is 251 g/mol. The number of benzene rings is 1. The Morgan fingerprint density at radius 2 is 2.28 bits per heavy atom. The molecule has 2 unspecified atom stereocenters. The van der Waals surface area contributed by atoms with E-state index >= 15 is 0 Å². The summed E-state index contributed by atoms with van der Waals surface area (Å²) < 4.78 is 0. The third-order valence-electron chi connectivity index (χ3n) is 3.41. The van der Waals surface area contributed by atoms with Gasteiger partial charge in [-0.2, -0.15) is 0 Å². The normalized spacial score (nSPS) is 22.9. The van der Waals surface area contributed by atoms with Gasteiger partial charge in [0.05, 0.1) is 11.0 Å². The molecule has 2 atom stereocenters. The maximum absolute atomic E-state index is 10.6. The van der Waals surface area contributed by atoms with Gasteiger partial charge in [0.25, 0.3) is 5.69 Å². The van der Waals surface area contributed by atoms with Crippen molar-refractivity contribution < 1.29 is 10.0 Å². The molecule has 98 valence electrons. The predicted octanol–water partition coefficient (Wildman–Crippen LogP) is 1.75. The molecule has 1 aromatic rings. The highest BCUT2D eigenvalue weighted by Crippen LogP contribution is 2.28. The number of nitrogens with two attached hydrogens (primary N) is 1. The van der Waals surface area contributed by atoms with Gasteiger partial charge in [-0.3, -0.25) is 10.1 Å². The first-order chi connectivity index (χ1) is 8.58. The van der Waals surface area contributed by atoms with Crippen molar-refractivity contribution in [2.24, 2.45) is 5.92 Å². The van der Waals surface area contributed by atoms with Crippen LogP contribution in [0.15, 0.2) is 18.2 Å². The highest BCUT2D eigenvalue weighted by Gasteiger charge is 2.24. The van der Waals surface area contributed by atoms with E-state index in [4.69, 9.17) is 5.73 Å². The molecule has 1 aliphatic carbocycles. The number of nitro groups is 1. The van der Waals surface area contributed by atoms with Crippen LogP contribution in [-0.4, -0.2) is 22.7 Å². The van der Waals surface area contributed by atoms with Crippen molar-refractivity contribution in [3.8, 4) is 0 Å². The van der Waals surface area contributed by atoms with Crippen LogP contribution in [0.5, 0.6) is 0 Å². The van der Waals surface area contributed by atoms with Gasteiger partial charge in [-0.25, -0.2) is 0 Å². The van der Waals surface area contributed by atoms with E-state index < -0.39 is 4.92 Å². The van der Waals surface area contributed by atoms with Crippen molar-refractivity contribution in [3.63, 3.8) is 0 Å². The van der Waals surface area contributed by atoms with Gasteiger partial charge in [-0.15, -0.1) is 0 Å². The highest BCUT2D eigenvalue weighted by atomic mass is 16.6. The van der Waals surface area contributed by atoms with Crippen LogP contribution in [0.3, 0.4) is 0 Å². The van der Waals surface area contributed by atoms with Gasteiger partial charge >= 0.3 is 0 Å². The lowest BCUT2D eigenvalue weighted by Crippen LogP contribution is -2.21. The number of rotatable bonds is 4. The van der Waals surface area contributed by atoms with Crippen molar-refractivity contribution in [1.82, 2.24) is 0 Å². The first kappa shape index (κ1) is 12.6. The van der Waals surface area contributed by atoms with E-state index in [-0.39, 0.29) is 23.4 Å². The van der Waals surface area contributed by atoms with E-state index in [9.17, 15) is 15.2 Å². The fourth-order valence-electron chi connectivity index (χ4n) is 2.34. The molecule has 0 aromatic heterocycles. The summed E-state index contributed by atoms with van der Waals surface area (Å²) in [4.78, 5) is 10.1. The maximum atomic E-state index is 10.6. The number of aliphatic hydroxyl groups excluding tert-OH is 1. The standard InChI is InChI=1S/C12H17N3O3/c13-10-6-9(4-5-11(10)15(17)18)14-7-8-2-1-3-12(8)16/h4-6,8,12,14,16H,1-3,7,13H2. The molecule has 0 saturated heterocycles. The molecule has 1 saturated carbocycles. The minimum atomic E-state index is -0.500. The molecular formula is C12H17N3O3. The highest BCUT2D eigenvalue weighted by molar-refractivity contribution is 5.65. The zero-order chi connectivity index (χ0) is 13.1. The molecule has 1 aromatic carbocycles. The second kappa shape index (κ2) is 5.22. The first-order valence-corrected chi connectivity index (χ1v) is 6.04.